The van der Waals surface area contributed by atoms with Crippen molar-refractivity contribution in [3.05, 3.63) is 56.7 Å². The van der Waals surface area contributed by atoms with Crippen molar-refractivity contribution in [3.8, 4) is 0 Å². The lowest BCUT2D eigenvalue weighted by Crippen LogP contribution is -2.24. The molecule has 0 spiro atoms. The standard InChI is InChI=1S/C14H15BrFN3O/c1-3-19-14(20)13(15)12(8-17-19)18-9(2)10-6-4-5-7-11(10)16/h4-9,18H,3H2,1-2H3. The van der Waals surface area contributed by atoms with Gasteiger partial charge in [0.05, 0.1) is 17.9 Å². The summed E-state index contributed by atoms with van der Waals surface area (Å²) in [5.41, 5.74) is 0.882. The number of aromatic nitrogens is 2. The number of benzene rings is 1. The van der Waals surface area contributed by atoms with Gasteiger partial charge in [0.2, 0.25) is 0 Å². The number of anilines is 1. The summed E-state index contributed by atoms with van der Waals surface area (Å²) in [5.74, 6) is -0.279. The lowest BCUT2D eigenvalue weighted by Gasteiger charge is -2.17. The third-order valence-electron chi connectivity index (χ3n) is 3.03. The van der Waals surface area contributed by atoms with Gasteiger partial charge in [0, 0.05) is 12.1 Å². The van der Waals surface area contributed by atoms with Crippen LogP contribution in [0, 0.1) is 5.82 Å². The van der Waals surface area contributed by atoms with Crippen molar-refractivity contribution < 1.29 is 4.39 Å². The predicted octanol–water partition coefficient (Wildman–Crippen LogP) is 3.34. The highest BCUT2D eigenvalue weighted by atomic mass is 79.9. The highest BCUT2D eigenvalue weighted by Crippen LogP contribution is 2.24. The summed E-state index contributed by atoms with van der Waals surface area (Å²) < 4.78 is 15.5. The molecule has 106 valence electrons. The molecule has 4 nitrogen and oxygen atoms in total. The first-order chi connectivity index (χ1) is 9.54. The molecule has 1 N–H and O–H groups in total. The molecule has 0 aliphatic carbocycles. The number of rotatable bonds is 4. The molecule has 2 rings (SSSR count). The van der Waals surface area contributed by atoms with Gasteiger partial charge >= 0.3 is 0 Å². The number of hydrogen-bond acceptors (Lipinski definition) is 3. The number of aryl methyl sites for hydroxylation is 1. The van der Waals surface area contributed by atoms with E-state index >= 15 is 0 Å². The van der Waals surface area contributed by atoms with E-state index in [1.807, 2.05) is 13.8 Å². The van der Waals surface area contributed by atoms with Gasteiger partial charge in [-0.1, -0.05) is 18.2 Å². The zero-order valence-corrected chi connectivity index (χ0v) is 12.8. The molecule has 1 aromatic heterocycles. The minimum absolute atomic E-state index is 0.210. The summed E-state index contributed by atoms with van der Waals surface area (Å²) in [6.45, 7) is 4.17. The number of halogens is 2. The topological polar surface area (TPSA) is 46.9 Å². The van der Waals surface area contributed by atoms with Crippen LogP contribution in [0.15, 0.2) is 39.7 Å². The molecule has 1 aromatic carbocycles. The second-order valence-corrected chi connectivity index (χ2v) is 5.17. The van der Waals surface area contributed by atoms with E-state index < -0.39 is 0 Å². The van der Waals surface area contributed by atoms with E-state index in [1.54, 1.807) is 24.4 Å². The van der Waals surface area contributed by atoms with E-state index in [9.17, 15) is 9.18 Å². The number of nitrogens with one attached hydrogen (secondary N) is 1. The number of hydrogen-bond donors (Lipinski definition) is 1. The lowest BCUT2D eigenvalue weighted by molar-refractivity contribution is 0.598. The van der Waals surface area contributed by atoms with Gasteiger partial charge in [-0.25, -0.2) is 9.07 Å². The van der Waals surface area contributed by atoms with Crippen LogP contribution in [0.2, 0.25) is 0 Å². The summed E-state index contributed by atoms with van der Waals surface area (Å²) in [6, 6.07) is 6.27. The van der Waals surface area contributed by atoms with Gasteiger partial charge in [-0.3, -0.25) is 4.79 Å². The Morgan fingerprint density at radius 3 is 2.80 bits per heavy atom. The molecule has 0 saturated carbocycles. The van der Waals surface area contributed by atoms with Crippen molar-refractivity contribution in [2.75, 3.05) is 5.32 Å². The molecular formula is C14H15BrFN3O. The predicted molar refractivity (Wildman–Crippen MR) is 80.3 cm³/mol. The molecule has 0 fully saturated rings. The van der Waals surface area contributed by atoms with Gasteiger partial charge in [0.1, 0.15) is 10.3 Å². The quantitative estimate of drug-likeness (QED) is 0.929. The Morgan fingerprint density at radius 1 is 1.45 bits per heavy atom. The van der Waals surface area contributed by atoms with Crippen LogP contribution in [0.1, 0.15) is 25.5 Å². The first-order valence-corrected chi connectivity index (χ1v) is 7.10. The molecule has 2 aromatic rings. The maximum Gasteiger partial charge on any atom is 0.283 e. The van der Waals surface area contributed by atoms with Crippen LogP contribution in [0.3, 0.4) is 0 Å². The first kappa shape index (κ1) is 14.7. The van der Waals surface area contributed by atoms with Crippen molar-refractivity contribution >= 4 is 21.6 Å². The van der Waals surface area contributed by atoms with E-state index in [-0.39, 0.29) is 17.4 Å². The normalized spacial score (nSPS) is 12.2. The Balaban J connectivity index is 2.29. The van der Waals surface area contributed by atoms with Crippen molar-refractivity contribution in [2.45, 2.75) is 26.4 Å². The molecule has 1 heterocycles. The fourth-order valence-electron chi connectivity index (χ4n) is 1.93. The third kappa shape index (κ3) is 2.90. The van der Waals surface area contributed by atoms with E-state index in [2.05, 4.69) is 26.3 Å². The SMILES string of the molecule is CCn1ncc(NC(C)c2ccccc2F)c(Br)c1=O. The molecular weight excluding hydrogens is 325 g/mol. The van der Waals surface area contributed by atoms with E-state index in [1.165, 1.54) is 10.7 Å². The Labute approximate surface area is 124 Å². The first-order valence-electron chi connectivity index (χ1n) is 6.31. The van der Waals surface area contributed by atoms with E-state index in [0.29, 0.717) is 22.3 Å². The second kappa shape index (κ2) is 6.17. The van der Waals surface area contributed by atoms with Gasteiger partial charge in [-0.2, -0.15) is 5.10 Å². The smallest absolute Gasteiger partial charge is 0.283 e. The average Bonchev–Trinajstić information content (AvgIpc) is 2.44. The fourth-order valence-corrected chi connectivity index (χ4v) is 2.35. The van der Waals surface area contributed by atoms with Crippen molar-refractivity contribution in [1.29, 1.82) is 0 Å². The lowest BCUT2D eigenvalue weighted by atomic mass is 10.1. The van der Waals surface area contributed by atoms with Crippen molar-refractivity contribution in [3.63, 3.8) is 0 Å². The van der Waals surface area contributed by atoms with Crippen LogP contribution in [0.25, 0.3) is 0 Å². The van der Waals surface area contributed by atoms with E-state index in [4.69, 9.17) is 0 Å². The summed E-state index contributed by atoms with van der Waals surface area (Å²) >= 11 is 3.26. The van der Waals surface area contributed by atoms with Crippen LogP contribution in [-0.4, -0.2) is 9.78 Å². The van der Waals surface area contributed by atoms with Crippen LogP contribution < -0.4 is 10.9 Å². The van der Waals surface area contributed by atoms with Crippen LogP contribution in [0.4, 0.5) is 10.1 Å². The molecule has 0 aliphatic heterocycles. The van der Waals surface area contributed by atoms with Crippen LogP contribution in [0.5, 0.6) is 0 Å². The molecule has 0 bridgehead atoms. The molecule has 0 amide bonds. The molecule has 1 atom stereocenters. The van der Waals surface area contributed by atoms with Crippen molar-refractivity contribution in [2.24, 2.45) is 0 Å². The minimum Gasteiger partial charge on any atom is -0.376 e. The second-order valence-electron chi connectivity index (χ2n) is 4.38. The number of nitrogens with zero attached hydrogens (tertiary/aromatic N) is 2. The highest BCUT2D eigenvalue weighted by molar-refractivity contribution is 9.10. The van der Waals surface area contributed by atoms with Gasteiger partial charge in [0.15, 0.2) is 0 Å². The fraction of sp³-hybridized carbons (Fsp3) is 0.286. The van der Waals surface area contributed by atoms with Gasteiger partial charge in [0.25, 0.3) is 5.56 Å². The zero-order valence-electron chi connectivity index (χ0n) is 11.2. The Hall–Kier alpha value is -1.69. The molecule has 20 heavy (non-hydrogen) atoms. The largest absolute Gasteiger partial charge is 0.376 e. The Kier molecular flexibility index (Phi) is 4.54. The molecule has 0 aliphatic rings. The molecule has 0 saturated heterocycles. The summed E-state index contributed by atoms with van der Waals surface area (Å²) in [5, 5.41) is 7.14. The minimum atomic E-state index is -0.279. The summed E-state index contributed by atoms with van der Waals surface area (Å²) in [4.78, 5) is 11.9. The summed E-state index contributed by atoms with van der Waals surface area (Å²) in [6.07, 6.45) is 1.56. The molecule has 6 heteroatoms. The van der Waals surface area contributed by atoms with Gasteiger partial charge in [-0.15, -0.1) is 0 Å². The van der Waals surface area contributed by atoms with Crippen LogP contribution in [-0.2, 0) is 6.54 Å². The summed E-state index contributed by atoms with van der Waals surface area (Å²) in [7, 11) is 0. The highest BCUT2D eigenvalue weighted by Gasteiger charge is 2.14. The average molecular weight is 340 g/mol. The maximum atomic E-state index is 13.7. The van der Waals surface area contributed by atoms with Gasteiger partial charge < -0.3 is 5.32 Å². The monoisotopic (exact) mass is 339 g/mol. The Morgan fingerprint density at radius 2 is 2.15 bits per heavy atom. The van der Waals surface area contributed by atoms with E-state index in [0.717, 1.165) is 0 Å². The molecule has 0 radical (unpaired) electrons. The van der Waals surface area contributed by atoms with Crippen LogP contribution >= 0.6 is 15.9 Å². The Bertz CT molecular complexity index is 672. The maximum absolute atomic E-state index is 13.7. The molecule has 1 unspecified atom stereocenters. The van der Waals surface area contributed by atoms with Gasteiger partial charge in [-0.05, 0) is 35.8 Å². The third-order valence-corrected chi connectivity index (χ3v) is 3.79. The zero-order chi connectivity index (χ0) is 14.7. The van der Waals surface area contributed by atoms with Crippen molar-refractivity contribution in [1.82, 2.24) is 9.78 Å².